The molecule has 1 aliphatic rings. The number of thiophene rings is 1. The number of rotatable bonds is 7. The molecule has 0 saturated carbocycles. The van der Waals surface area contributed by atoms with E-state index in [1.54, 1.807) is 23.5 Å². The smallest absolute Gasteiger partial charge is 0.241 e. The second-order valence-corrected chi connectivity index (χ2v) is 8.57. The SMILES string of the molecule is COc1cc(NC(=O)C2CCN(Cc3nc(-c4cccs4)no3)CC2)c(OC)cc1Cl. The Balaban J connectivity index is 1.32. The summed E-state index contributed by atoms with van der Waals surface area (Å²) in [4.78, 5) is 20.5. The van der Waals surface area contributed by atoms with E-state index in [1.807, 2.05) is 17.5 Å². The Morgan fingerprint density at radius 3 is 2.74 bits per heavy atom. The maximum absolute atomic E-state index is 12.8. The van der Waals surface area contributed by atoms with Gasteiger partial charge < -0.3 is 19.3 Å². The number of hydrogen-bond acceptors (Lipinski definition) is 8. The number of halogens is 1. The maximum Gasteiger partial charge on any atom is 0.241 e. The van der Waals surface area contributed by atoms with E-state index in [9.17, 15) is 4.79 Å². The zero-order chi connectivity index (χ0) is 21.8. The van der Waals surface area contributed by atoms with Gasteiger partial charge in [0.15, 0.2) is 0 Å². The topological polar surface area (TPSA) is 89.7 Å². The lowest BCUT2D eigenvalue weighted by molar-refractivity contribution is -0.121. The first-order valence-electron chi connectivity index (χ1n) is 9.88. The number of benzene rings is 1. The van der Waals surface area contributed by atoms with Gasteiger partial charge in [-0.2, -0.15) is 4.98 Å². The van der Waals surface area contributed by atoms with Crippen molar-refractivity contribution in [2.45, 2.75) is 19.4 Å². The van der Waals surface area contributed by atoms with E-state index in [2.05, 4.69) is 20.4 Å². The van der Waals surface area contributed by atoms with Crippen LogP contribution in [0.15, 0.2) is 34.2 Å². The van der Waals surface area contributed by atoms with Crippen molar-refractivity contribution < 1.29 is 18.8 Å². The van der Waals surface area contributed by atoms with E-state index in [4.69, 9.17) is 25.6 Å². The molecule has 0 unspecified atom stereocenters. The van der Waals surface area contributed by atoms with Crippen LogP contribution in [0.1, 0.15) is 18.7 Å². The van der Waals surface area contributed by atoms with Crippen LogP contribution in [0.2, 0.25) is 5.02 Å². The normalized spacial score (nSPS) is 15.1. The lowest BCUT2D eigenvalue weighted by Crippen LogP contribution is -2.37. The lowest BCUT2D eigenvalue weighted by Gasteiger charge is -2.30. The second kappa shape index (κ2) is 9.67. The van der Waals surface area contributed by atoms with E-state index >= 15 is 0 Å². The van der Waals surface area contributed by atoms with Gasteiger partial charge in [0.05, 0.1) is 36.4 Å². The third-order valence-corrected chi connectivity index (χ3v) is 6.42. The van der Waals surface area contributed by atoms with Crippen molar-refractivity contribution in [2.75, 3.05) is 32.6 Å². The number of anilines is 1. The third-order valence-electron chi connectivity index (χ3n) is 5.26. The Bertz CT molecular complexity index is 1030. The summed E-state index contributed by atoms with van der Waals surface area (Å²) in [6.45, 7) is 2.13. The van der Waals surface area contributed by atoms with Crippen LogP contribution in [0, 0.1) is 5.92 Å². The van der Waals surface area contributed by atoms with Gasteiger partial charge in [0.25, 0.3) is 0 Å². The number of ether oxygens (including phenoxy) is 2. The molecule has 0 radical (unpaired) electrons. The fraction of sp³-hybridized carbons (Fsp3) is 0.381. The highest BCUT2D eigenvalue weighted by molar-refractivity contribution is 7.13. The predicted octanol–water partition coefficient (Wildman–Crippen LogP) is 4.32. The molecule has 1 amide bonds. The molecule has 8 nitrogen and oxygen atoms in total. The number of carbonyl (C=O) groups is 1. The largest absolute Gasteiger partial charge is 0.495 e. The maximum atomic E-state index is 12.8. The van der Waals surface area contributed by atoms with Crippen molar-refractivity contribution in [3.63, 3.8) is 0 Å². The predicted molar refractivity (Wildman–Crippen MR) is 119 cm³/mol. The number of piperidine rings is 1. The highest BCUT2D eigenvalue weighted by Gasteiger charge is 2.27. The van der Waals surface area contributed by atoms with Crippen molar-refractivity contribution >= 4 is 34.5 Å². The molecular formula is C21H23ClN4O4S. The number of nitrogens with one attached hydrogen (secondary N) is 1. The molecule has 0 bridgehead atoms. The standard InChI is InChI=1S/C21H23ClN4O4S/c1-28-16-11-15(17(29-2)10-14(16)22)23-21(27)13-5-7-26(8-6-13)12-19-24-20(25-30-19)18-4-3-9-31-18/h3-4,9-11,13H,5-8,12H2,1-2H3,(H,23,27). The van der Waals surface area contributed by atoms with Gasteiger partial charge in [-0.15, -0.1) is 11.3 Å². The molecule has 1 saturated heterocycles. The molecule has 1 N–H and O–H groups in total. The molecule has 3 heterocycles. The van der Waals surface area contributed by atoms with Crippen molar-refractivity contribution in [3.05, 3.63) is 40.6 Å². The molecule has 2 aromatic heterocycles. The Kier molecular flexibility index (Phi) is 6.74. The molecule has 1 aliphatic heterocycles. The number of methoxy groups -OCH3 is 2. The van der Waals surface area contributed by atoms with E-state index in [-0.39, 0.29) is 11.8 Å². The van der Waals surface area contributed by atoms with E-state index in [0.717, 1.165) is 30.8 Å². The summed E-state index contributed by atoms with van der Waals surface area (Å²) in [5, 5.41) is 9.42. The van der Waals surface area contributed by atoms with Crippen LogP contribution in [0.5, 0.6) is 11.5 Å². The van der Waals surface area contributed by atoms with Crippen molar-refractivity contribution in [2.24, 2.45) is 5.92 Å². The highest BCUT2D eigenvalue weighted by atomic mass is 35.5. The van der Waals surface area contributed by atoms with Gasteiger partial charge in [-0.05, 0) is 37.4 Å². The molecule has 1 aromatic carbocycles. The molecule has 4 rings (SSSR count). The molecule has 164 valence electrons. The number of carbonyl (C=O) groups excluding carboxylic acids is 1. The molecule has 0 aliphatic carbocycles. The van der Waals surface area contributed by atoms with Crippen LogP contribution in [-0.2, 0) is 11.3 Å². The van der Waals surface area contributed by atoms with Gasteiger partial charge in [0, 0.05) is 18.1 Å². The summed E-state index contributed by atoms with van der Waals surface area (Å²) < 4.78 is 16.0. The zero-order valence-electron chi connectivity index (χ0n) is 17.3. The Hall–Kier alpha value is -2.62. The number of amides is 1. The van der Waals surface area contributed by atoms with Crippen LogP contribution in [-0.4, -0.2) is 48.3 Å². The average Bonchev–Trinajstić information content (AvgIpc) is 3.47. The summed E-state index contributed by atoms with van der Waals surface area (Å²) in [7, 11) is 3.06. The minimum absolute atomic E-state index is 0.0416. The van der Waals surface area contributed by atoms with Crippen molar-refractivity contribution in [1.82, 2.24) is 15.0 Å². The van der Waals surface area contributed by atoms with Crippen LogP contribution >= 0.6 is 22.9 Å². The van der Waals surface area contributed by atoms with Gasteiger partial charge in [-0.25, -0.2) is 0 Å². The number of aromatic nitrogens is 2. The fourth-order valence-corrected chi connectivity index (χ4v) is 4.44. The summed E-state index contributed by atoms with van der Waals surface area (Å²) in [5.41, 5.74) is 0.545. The monoisotopic (exact) mass is 462 g/mol. The van der Waals surface area contributed by atoms with Crippen LogP contribution in [0.25, 0.3) is 10.7 Å². The zero-order valence-corrected chi connectivity index (χ0v) is 18.8. The Labute approximate surface area is 189 Å². The van der Waals surface area contributed by atoms with Crippen molar-refractivity contribution in [1.29, 1.82) is 0 Å². The Morgan fingerprint density at radius 1 is 1.29 bits per heavy atom. The summed E-state index contributed by atoms with van der Waals surface area (Å²) in [5.74, 6) is 2.05. The number of hydrogen-bond donors (Lipinski definition) is 1. The van der Waals surface area contributed by atoms with Crippen LogP contribution < -0.4 is 14.8 Å². The van der Waals surface area contributed by atoms with E-state index in [0.29, 0.717) is 40.5 Å². The second-order valence-electron chi connectivity index (χ2n) is 7.22. The Morgan fingerprint density at radius 2 is 2.06 bits per heavy atom. The molecule has 1 fully saturated rings. The van der Waals surface area contributed by atoms with Crippen LogP contribution in [0.3, 0.4) is 0 Å². The van der Waals surface area contributed by atoms with Gasteiger partial charge in [0.1, 0.15) is 11.5 Å². The van der Waals surface area contributed by atoms with Gasteiger partial charge in [-0.3, -0.25) is 9.69 Å². The molecule has 0 spiro atoms. The van der Waals surface area contributed by atoms with E-state index < -0.39 is 0 Å². The van der Waals surface area contributed by atoms with Gasteiger partial charge in [0.2, 0.25) is 17.6 Å². The lowest BCUT2D eigenvalue weighted by atomic mass is 9.95. The molecule has 3 aromatic rings. The summed E-state index contributed by atoms with van der Waals surface area (Å²) >= 11 is 7.72. The fourth-order valence-electron chi connectivity index (χ4n) is 3.56. The van der Waals surface area contributed by atoms with Crippen molar-refractivity contribution in [3.8, 4) is 22.2 Å². The molecule has 31 heavy (non-hydrogen) atoms. The minimum atomic E-state index is -0.0907. The highest BCUT2D eigenvalue weighted by Crippen LogP contribution is 2.36. The first kappa shape index (κ1) is 21.6. The average molecular weight is 463 g/mol. The third kappa shape index (κ3) is 5.00. The first-order valence-corrected chi connectivity index (χ1v) is 11.1. The minimum Gasteiger partial charge on any atom is -0.495 e. The summed E-state index contributed by atoms with van der Waals surface area (Å²) in [6.07, 6.45) is 1.48. The number of nitrogens with zero attached hydrogens (tertiary/aromatic N) is 3. The quantitative estimate of drug-likeness (QED) is 0.559. The van der Waals surface area contributed by atoms with E-state index in [1.165, 1.54) is 14.2 Å². The van der Waals surface area contributed by atoms with Gasteiger partial charge >= 0.3 is 0 Å². The molecular weight excluding hydrogens is 440 g/mol. The van der Waals surface area contributed by atoms with Crippen LogP contribution in [0.4, 0.5) is 5.69 Å². The van der Waals surface area contributed by atoms with Gasteiger partial charge in [-0.1, -0.05) is 22.8 Å². The molecule has 10 heteroatoms. The first-order chi connectivity index (χ1) is 15.1. The summed E-state index contributed by atoms with van der Waals surface area (Å²) in [6, 6.07) is 7.23. The number of likely N-dealkylation sites (tertiary alicyclic amines) is 1. The molecule has 0 atom stereocenters.